The van der Waals surface area contributed by atoms with Gasteiger partial charge in [-0.2, -0.15) is 0 Å². The van der Waals surface area contributed by atoms with Crippen molar-refractivity contribution in [3.8, 4) is 5.75 Å². The lowest BCUT2D eigenvalue weighted by Crippen LogP contribution is -2.01. The van der Waals surface area contributed by atoms with Crippen molar-refractivity contribution >= 4 is 28.4 Å². The molecule has 0 unspecified atom stereocenters. The molecule has 1 aromatic heterocycles. The second-order valence-electron chi connectivity index (χ2n) is 5.94. The number of ether oxygens (including phenoxy) is 1. The molecule has 0 bridgehead atoms. The van der Waals surface area contributed by atoms with Crippen LogP contribution in [0.4, 0.5) is 5.69 Å². The van der Waals surface area contributed by atoms with Crippen LogP contribution in [0.3, 0.4) is 0 Å². The summed E-state index contributed by atoms with van der Waals surface area (Å²) < 4.78 is 5.27. The van der Waals surface area contributed by atoms with Crippen molar-refractivity contribution in [1.82, 2.24) is 4.98 Å². The number of benzene rings is 2. The van der Waals surface area contributed by atoms with Crippen LogP contribution in [0.25, 0.3) is 17.0 Å². The first-order chi connectivity index (χ1) is 12.5. The number of methoxy groups -OCH3 is 1. The van der Waals surface area contributed by atoms with E-state index in [1.165, 1.54) is 13.0 Å². The van der Waals surface area contributed by atoms with Gasteiger partial charge in [0.1, 0.15) is 5.75 Å². The minimum Gasteiger partial charge on any atom is -0.497 e. The van der Waals surface area contributed by atoms with Gasteiger partial charge in [0, 0.05) is 35.2 Å². The molecular weight excluding hydrogens is 332 g/mol. The molecule has 132 valence electrons. The molecule has 0 radical (unpaired) electrons. The standard InChI is InChI=1S/C20H18N2O4/c1-13(23)15(9-14-5-3-4-6-20(14)22(24)25)10-16-12-21-19-8-7-17(26-2)11-18(16)19/h3-9,11-12,21H,10H2,1-2H3/b15-9+. The highest BCUT2D eigenvalue weighted by molar-refractivity contribution is 5.99. The number of rotatable bonds is 6. The fraction of sp³-hybridized carbons (Fsp3) is 0.150. The van der Waals surface area contributed by atoms with E-state index in [4.69, 9.17) is 4.74 Å². The molecular formula is C20H18N2O4. The van der Waals surface area contributed by atoms with Crippen LogP contribution in [0.15, 0.2) is 54.2 Å². The van der Waals surface area contributed by atoms with E-state index in [9.17, 15) is 14.9 Å². The number of aromatic nitrogens is 1. The number of allylic oxidation sites excluding steroid dienone is 1. The van der Waals surface area contributed by atoms with Gasteiger partial charge >= 0.3 is 0 Å². The Morgan fingerprint density at radius 2 is 2.04 bits per heavy atom. The van der Waals surface area contributed by atoms with Gasteiger partial charge in [-0.3, -0.25) is 14.9 Å². The predicted octanol–water partition coefficient (Wildman–Crippen LogP) is 4.30. The molecule has 3 rings (SSSR count). The summed E-state index contributed by atoms with van der Waals surface area (Å²) in [5, 5.41) is 12.2. The summed E-state index contributed by atoms with van der Waals surface area (Å²) in [5.41, 5.74) is 2.77. The molecule has 0 aliphatic heterocycles. The van der Waals surface area contributed by atoms with E-state index in [0.717, 1.165) is 22.2 Å². The summed E-state index contributed by atoms with van der Waals surface area (Å²) in [6.07, 6.45) is 3.81. The van der Waals surface area contributed by atoms with Gasteiger partial charge in [0.05, 0.1) is 17.6 Å². The van der Waals surface area contributed by atoms with Crippen LogP contribution < -0.4 is 4.74 Å². The summed E-state index contributed by atoms with van der Waals surface area (Å²) >= 11 is 0. The number of hydrogen-bond donors (Lipinski definition) is 1. The first-order valence-corrected chi connectivity index (χ1v) is 8.08. The van der Waals surface area contributed by atoms with Gasteiger partial charge in [0.15, 0.2) is 5.78 Å². The van der Waals surface area contributed by atoms with Crippen LogP contribution in [0.2, 0.25) is 0 Å². The zero-order valence-electron chi connectivity index (χ0n) is 14.5. The fourth-order valence-corrected chi connectivity index (χ4v) is 2.88. The number of ketones is 1. The Bertz CT molecular complexity index is 1020. The number of nitro benzene ring substituents is 1. The van der Waals surface area contributed by atoms with Gasteiger partial charge in [-0.25, -0.2) is 0 Å². The second kappa shape index (κ2) is 7.23. The van der Waals surface area contributed by atoms with Gasteiger partial charge in [-0.15, -0.1) is 0 Å². The third-order valence-electron chi connectivity index (χ3n) is 4.27. The van der Waals surface area contributed by atoms with Crippen LogP contribution >= 0.6 is 0 Å². The molecule has 0 saturated carbocycles. The zero-order valence-corrected chi connectivity index (χ0v) is 14.5. The predicted molar refractivity (Wildman–Crippen MR) is 100 cm³/mol. The first kappa shape index (κ1) is 17.4. The third kappa shape index (κ3) is 3.49. The highest BCUT2D eigenvalue weighted by atomic mass is 16.6. The van der Waals surface area contributed by atoms with Crippen molar-refractivity contribution in [2.24, 2.45) is 0 Å². The Morgan fingerprint density at radius 3 is 2.73 bits per heavy atom. The maximum atomic E-state index is 12.1. The number of Topliss-reactive ketones (excluding diaryl/α,β-unsaturated/α-hetero) is 1. The molecule has 0 fully saturated rings. The van der Waals surface area contributed by atoms with Crippen LogP contribution in [-0.4, -0.2) is 22.8 Å². The van der Waals surface area contributed by atoms with Crippen molar-refractivity contribution in [3.63, 3.8) is 0 Å². The molecule has 0 aliphatic rings. The number of hydrogen-bond acceptors (Lipinski definition) is 4. The number of carbonyl (C=O) groups excluding carboxylic acids is 1. The Labute approximate surface area is 150 Å². The minimum atomic E-state index is -0.444. The van der Waals surface area contributed by atoms with E-state index >= 15 is 0 Å². The number of nitro groups is 1. The molecule has 6 heteroatoms. The Morgan fingerprint density at radius 1 is 1.27 bits per heavy atom. The first-order valence-electron chi connectivity index (χ1n) is 8.08. The summed E-state index contributed by atoms with van der Waals surface area (Å²) in [5.74, 6) is 0.603. The number of aromatic amines is 1. The lowest BCUT2D eigenvalue weighted by atomic mass is 9.98. The number of carbonyl (C=O) groups is 1. The van der Waals surface area contributed by atoms with Crippen LogP contribution in [0.5, 0.6) is 5.75 Å². The van der Waals surface area contributed by atoms with Crippen molar-refractivity contribution in [2.75, 3.05) is 7.11 Å². The number of nitrogens with zero attached hydrogens (tertiary/aromatic N) is 1. The minimum absolute atomic E-state index is 0.0214. The van der Waals surface area contributed by atoms with E-state index in [2.05, 4.69) is 4.98 Å². The van der Waals surface area contributed by atoms with Crippen molar-refractivity contribution in [3.05, 3.63) is 75.5 Å². The van der Waals surface area contributed by atoms with Crippen molar-refractivity contribution in [2.45, 2.75) is 13.3 Å². The quantitative estimate of drug-likeness (QED) is 0.408. The number of para-hydroxylation sites is 1. The van der Waals surface area contributed by atoms with Crippen LogP contribution in [-0.2, 0) is 11.2 Å². The highest BCUT2D eigenvalue weighted by Gasteiger charge is 2.15. The summed E-state index contributed by atoms with van der Waals surface area (Å²) in [6, 6.07) is 12.1. The largest absolute Gasteiger partial charge is 0.497 e. The average Bonchev–Trinajstić information content (AvgIpc) is 3.03. The van der Waals surface area contributed by atoms with Gasteiger partial charge < -0.3 is 9.72 Å². The van der Waals surface area contributed by atoms with Crippen LogP contribution in [0.1, 0.15) is 18.1 Å². The summed E-state index contributed by atoms with van der Waals surface area (Å²) in [4.78, 5) is 26.1. The highest BCUT2D eigenvalue weighted by Crippen LogP contribution is 2.27. The molecule has 0 atom stereocenters. The zero-order chi connectivity index (χ0) is 18.7. The maximum Gasteiger partial charge on any atom is 0.276 e. The average molecular weight is 350 g/mol. The second-order valence-corrected chi connectivity index (χ2v) is 5.94. The summed E-state index contributed by atoms with van der Waals surface area (Å²) in [6.45, 7) is 1.47. The van der Waals surface area contributed by atoms with E-state index in [0.29, 0.717) is 17.6 Å². The number of fused-ring (bicyclic) bond motifs is 1. The summed E-state index contributed by atoms with van der Waals surface area (Å²) in [7, 11) is 1.60. The number of nitrogens with one attached hydrogen (secondary N) is 1. The molecule has 2 aromatic carbocycles. The third-order valence-corrected chi connectivity index (χ3v) is 4.27. The van der Waals surface area contributed by atoms with Crippen molar-refractivity contribution in [1.29, 1.82) is 0 Å². The van der Waals surface area contributed by atoms with Gasteiger partial charge in [0.25, 0.3) is 5.69 Å². The van der Waals surface area contributed by atoms with E-state index in [1.54, 1.807) is 31.4 Å². The topological polar surface area (TPSA) is 85.2 Å². The lowest BCUT2D eigenvalue weighted by molar-refractivity contribution is -0.385. The number of H-pyrrole nitrogens is 1. The normalized spacial score (nSPS) is 11.5. The molecule has 1 N–H and O–H groups in total. The van der Waals surface area contributed by atoms with E-state index < -0.39 is 4.92 Å². The van der Waals surface area contributed by atoms with Gasteiger partial charge in [0.2, 0.25) is 0 Å². The molecule has 0 saturated heterocycles. The molecule has 6 nitrogen and oxygen atoms in total. The monoisotopic (exact) mass is 350 g/mol. The molecule has 3 aromatic rings. The maximum absolute atomic E-state index is 12.1. The molecule has 0 amide bonds. The van der Waals surface area contributed by atoms with Gasteiger partial charge in [-0.05, 0) is 42.8 Å². The Kier molecular flexibility index (Phi) is 4.84. The SMILES string of the molecule is COc1ccc2[nH]cc(C/C(=C\c3ccccc3[N+](=O)[O-])C(C)=O)c2c1. The van der Waals surface area contributed by atoms with E-state index in [-0.39, 0.29) is 11.5 Å². The molecule has 0 aliphatic carbocycles. The molecule has 26 heavy (non-hydrogen) atoms. The van der Waals surface area contributed by atoms with Crippen LogP contribution in [0, 0.1) is 10.1 Å². The fourth-order valence-electron chi connectivity index (χ4n) is 2.88. The van der Waals surface area contributed by atoms with E-state index in [1.807, 2.05) is 24.4 Å². The lowest BCUT2D eigenvalue weighted by Gasteiger charge is -2.05. The van der Waals surface area contributed by atoms with Crippen molar-refractivity contribution < 1.29 is 14.5 Å². The smallest absolute Gasteiger partial charge is 0.276 e. The van der Waals surface area contributed by atoms with Gasteiger partial charge in [-0.1, -0.05) is 12.1 Å². The molecule has 0 spiro atoms. The Balaban J connectivity index is 2.03. The molecule has 1 heterocycles. The Hall–Kier alpha value is -3.41.